The van der Waals surface area contributed by atoms with Gasteiger partial charge in [0.15, 0.2) is 5.11 Å². The number of nitrogens with one attached hydrogen (secondary N) is 2. The van der Waals surface area contributed by atoms with Gasteiger partial charge in [0.25, 0.3) is 0 Å². The van der Waals surface area contributed by atoms with Gasteiger partial charge in [0, 0.05) is 12.1 Å². The summed E-state index contributed by atoms with van der Waals surface area (Å²) in [5.74, 6) is 0. The van der Waals surface area contributed by atoms with Gasteiger partial charge in [0.1, 0.15) is 0 Å². The van der Waals surface area contributed by atoms with E-state index in [1.54, 1.807) is 7.05 Å². The third kappa shape index (κ3) is 3.85. The Labute approximate surface area is 99.5 Å². The van der Waals surface area contributed by atoms with Gasteiger partial charge in [0.2, 0.25) is 0 Å². The quantitative estimate of drug-likeness (QED) is 0.473. The van der Waals surface area contributed by atoms with Crippen molar-refractivity contribution in [2.45, 2.75) is 6.92 Å². The molecule has 1 aromatic rings. The Morgan fingerprint density at radius 2 is 2.20 bits per heavy atom. The van der Waals surface area contributed by atoms with Gasteiger partial charge in [-0.3, -0.25) is 5.43 Å². The second kappa shape index (κ2) is 5.68. The lowest BCUT2D eigenvalue weighted by Gasteiger charge is -2.04. The van der Waals surface area contributed by atoms with Gasteiger partial charge in [-0.05, 0) is 36.8 Å². The number of thiocarbonyl (C=S) groups is 1. The summed E-state index contributed by atoms with van der Waals surface area (Å²) in [7, 11) is 1.74. The summed E-state index contributed by atoms with van der Waals surface area (Å²) in [4.78, 5) is 0. The lowest BCUT2D eigenvalue weighted by Crippen LogP contribution is -2.29. The predicted molar refractivity (Wildman–Crippen MR) is 68.5 cm³/mol. The minimum atomic E-state index is 0.483. The van der Waals surface area contributed by atoms with E-state index in [2.05, 4.69) is 15.8 Å². The van der Waals surface area contributed by atoms with Gasteiger partial charge in [-0.2, -0.15) is 5.10 Å². The van der Waals surface area contributed by atoms with Crippen molar-refractivity contribution < 1.29 is 0 Å². The molecular formula is C10H12ClN3S. The smallest absolute Gasteiger partial charge is 0.186 e. The summed E-state index contributed by atoms with van der Waals surface area (Å²) in [5, 5.41) is 8.06. The molecule has 0 heterocycles. The number of nitrogens with zero attached hydrogens (tertiary/aromatic N) is 1. The zero-order valence-corrected chi connectivity index (χ0v) is 10.1. The van der Waals surface area contributed by atoms with Crippen molar-refractivity contribution in [1.82, 2.24) is 10.7 Å². The Bertz CT molecular complexity index is 390. The highest BCUT2D eigenvalue weighted by atomic mass is 35.5. The van der Waals surface area contributed by atoms with Gasteiger partial charge in [-0.25, -0.2) is 0 Å². The maximum Gasteiger partial charge on any atom is 0.186 e. The Hall–Kier alpha value is -1.13. The lowest BCUT2D eigenvalue weighted by atomic mass is 10.1. The second-order valence-corrected chi connectivity index (χ2v) is 3.74. The Morgan fingerprint density at radius 3 is 2.80 bits per heavy atom. The topological polar surface area (TPSA) is 36.4 Å². The average molecular weight is 242 g/mol. The third-order valence-corrected chi connectivity index (χ3v) is 2.33. The zero-order chi connectivity index (χ0) is 11.3. The van der Waals surface area contributed by atoms with E-state index < -0.39 is 0 Å². The molecule has 0 bridgehead atoms. The molecule has 0 amide bonds. The molecule has 1 rings (SSSR count). The molecule has 0 aromatic heterocycles. The highest BCUT2D eigenvalue weighted by molar-refractivity contribution is 7.80. The maximum absolute atomic E-state index is 5.87. The second-order valence-electron chi connectivity index (χ2n) is 2.90. The first-order valence-corrected chi connectivity index (χ1v) is 5.20. The first-order chi connectivity index (χ1) is 7.13. The number of halogens is 1. The standard InChI is InChI=1S/C10H12ClN3S/c1-7(13-14-10(15)12-2)8-4-3-5-9(11)6-8/h3-6H,1-2H3,(H2,12,14,15)/b13-7+. The van der Waals surface area contributed by atoms with E-state index in [-0.39, 0.29) is 0 Å². The van der Waals surface area contributed by atoms with Crippen molar-refractivity contribution in [3.8, 4) is 0 Å². The average Bonchev–Trinajstić information content (AvgIpc) is 2.25. The van der Waals surface area contributed by atoms with Crippen LogP contribution >= 0.6 is 23.8 Å². The number of benzene rings is 1. The van der Waals surface area contributed by atoms with E-state index in [4.69, 9.17) is 23.8 Å². The van der Waals surface area contributed by atoms with E-state index in [1.165, 1.54) is 0 Å². The highest BCUT2D eigenvalue weighted by Crippen LogP contribution is 2.11. The molecule has 0 radical (unpaired) electrons. The summed E-state index contributed by atoms with van der Waals surface area (Å²) in [6, 6.07) is 7.50. The summed E-state index contributed by atoms with van der Waals surface area (Å²) in [6.45, 7) is 1.89. The third-order valence-electron chi connectivity index (χ3n) is 1.79. The normalized spacial score (nSPS) is 11.0. The van der Waals surface area contributed by atoms with Crippen LogP contribution in [-0.2, 0) is 0 Å². The van der Waals surface area contributed by atoms with Crippen molar-refractivity contribution in [3.05, 3.63) is 34.9 Å². The fraction of sp³-hybridized carbons (Fsp3) is 0.200. The molecule has 15 heavy (non-hydrogen) atoms. The Kier molecular flexibility index (Phi) is 4.52. The summed E-state index contributed by atoms with van der Waals surface area (Å²) in [6.07, 6.45) is 0. The fourth-order valence-corrected chi connectivity index (χ4v) is 1.20. The molecule has 0 atom stereocenters. The molecule has 0 saturated carbocycles. The monoisotopic (exact) mass is 241 g/mol. The largest absolute Gasteiger partial charge is 0.364 e. The number of rotatable bonds is 2. The minimum absolute atomic E-state index is 0.483. The number of hydrogen-bond donors (Lipinski definition) is 2. The van der Waals surface area contributed by atoms with Gasteiger partial charge >= 0.3 is 0 Å². The van der Waals surface area contributed by atoms with Crippen LogP contribution in [0.3, 0.4) is 0 Å². The van der Waals surface area contributed by atoms with Crippen molar-refractivity contribution in [3.63, 3.8) is 0 Å². The van der Waals surface area contributed by atoms with Crippen LogP contribution in [0.1, 0.15) is 12.5 Å². The Balaban J connectivity index is 2.75. The van der Waals surface area contributed by atoms with Crippen LogP contribution in [0.5, 0.6) is 0 Å². The molecule has 80 valence electrons. The summed E-state index contributed by atoms with van der Waals surface area (Å²) < 4.78 is 0. The summed E-state index contributed by atoms with van der Waals surface area (Å²) >= 11 is 10.8. The molecule has 2 N–H and O–H groups in total. The molecule has 0 aliphatic heterocycles. The Morgan fingerprint density at radius 1 is 1.47 bits per heavy atom. The van der Waals surface area contributed by atoms with E-state index in [0.717, 1.165) is 11.3 Å². The van der Waals surface area contributed by atoms with Gasteiger partial charge in [0.05, 0.1) is 5.71 Å². The molecule has 1 aromatic carbocycles. The van der Waals surface area contributed by atoms with Crippen LogP contribution in [0.4, 0.5) is 0 Å². The SMILES string of the molecule is CNC(=S)N/N=C(\C)c1cccc(Cl)c1. The molecule has 0 saturated heterocycles. The van der Waals surface area contributed by atoms with Crippen LogP contribution in [-0.4, -0.2) is 17.9 Å². The summed E-state index contributed by atoms with van der Waals surface area (Å²) in [5.41, 5.74) is 4.51. The van der Waals surface area contributed by atoms with Crippen LogP contribution in [0, 0.1) is 0 Å². The maximum atomic E-state index is 5.87. The van der Waals surface area contributed by atoms with E-state index >= 15 is 0 Å². The molecule has 0 fully saturated rings. The number of hydrogen-bond acceptors (Lipinski definition) is 2. The first kappa shape index (κ1) is 11.9. The van der Waals surface area contributed by atoms with Gasteiger partial charge in [-0.15, -0.1) is 0 Å². The van der Waals surface area contributed by atoms with Crippen molar-refractivity contribution in [2.75, 3.05) is 7.05 Å². The first-order valence-electron chi connectivity index (χ1n) is 4.41. The van der Waals surface area contributed by atoms with Crippen molar-refractivity contribution >= 4 is 34.6 Å². The molecular weight excluding hydrogens is 230 g/mol. The predicted octanol–water partition coefficient (Wildman–Crippen LogP) is 2.16. The van der Waals surface area contributed by atoms with E-state index in [9.17, 15) is 0 Å². The molecule has 0 aliphatic carbocycles. The highest BCUT2D eigenvalue weighted by Gasteiger charge is 1.98. The lowest BCUT2D eigenvalue weighted by molar-refractivity contribution is 0.974. The van der Waals surface area contributed by atoms with Gasteiger partial charge < -0.3 is 5.32 Å². The molecule has 0 aliphatic rings. The fourth-order valence-electron chi connectivity index (χ4n) is 0.969. The van der Waals surface area contributed by atoms with Crippen molar-refractivity contribution in [2.24, 2.45) is 5.10 Å². The van der Waals surface area contributed by atoms with Crippen molar-refractivity contribution in [1.29, 1.82) is 0 Å². The molecule has 0 unspecified atom stereocenters. The molecule has 0 spiro atoms. The zero-order valence-electron chi connectivity index (χ0n) is 8.54. The van der Waals surface area contributed by atoms with Crippen LogP contribution in [0.15, 0.2) is 29.4 Å². The van der Waals surface area contributed by atoms with E-state index in [0.29, 0.717) is 10.1 Å². The van der Waals surface area contributed by atoms with Crippen LogP contribution in [0.25, 0.3) is 0 Å². The number of hydrazone groups is 1. The molecule has 3 nitrogen and oxygen atoms in total. The molecule has 5 heteroatoms. The van der Waals surface area contributed by atoms with Crippen LogP contribution in [0.2, 0.25) is 5.02 Å². The van der Waals surface area contributed by atoms with Gasteiger partial charge in [-0.1, -0.05) is 23.7 Å². The van der Waals surface area contributed by atoms with E-state index in [1.807, 2.05) is 31.2 Å². The minimum Gasteiger partial charge on any atom is -0.364 e. The van der Waals surface area contributed by atoms with Crippen LogP contribution < -0.4 is 10.7 Å².